The molecule has 1 amide bonds. The fraction of sp³-hybridized carbons (Fsp3) is 0.889. The molecule has 0 aromatic carbocycles. The molecule has 2 fully saturated rings. The van der Waals surface area contributed by atoms with Gasteiger partial charge in [-0.2, -0.15) is 0 Å². The predicted molar refractivity (Wildman–Crippen MR) is 116 cm³/mol. The fourth-order valence-electron chi connectivity index (χ4n) is 3.53. The molecule has 152 valence electrons. The predicted octanol–water partition coefficient (Wildman–Crippen LogP) is 1.23. The second-order valence-electron chi connectivity index (χ2n) is 7.05. The van der Waals surface area contributed by atoms with Crippen LogP contribution in [0.15, 0.2) is 4.99 Å². The van der Waals surface area contributed by atoms with Gasteiger partial charge in [-0.05, 0) is 32.4 Å². The van der Waals surface area contributed by atoms with Crippen LogP contribution >= 0.6 is 24.0 Å². The normalized spacial score (nSPS) is 23.3. The molecule has 2 saturated heterocycles. The Hall–Kier alpha value is -0.610. The molecule has 0 spiro atoms. The third kappa shape index (κ3) is 6.84. The minimum Gasteiger partial charge on any atom is -0.376 e. The molecule has 2 rings (SSSR count). The van der Waals surface area contributed by atoms with Crippen LogP contribution in [0.3, 0.4) is 0 Å². The number of rotatable bonds is 7. The lowest BCUT2D eigenvalue weighted by Gasteiger charge is -2.27. The van der Waals surface area contributed by atoms with Gasteiger partial charge in [-0.1, -0.05) is 13.8 Å². The summed E-state index contributed by atoms with van der Waals surface area (Å²) in [7, 11) is 3.53. The van der Waals surface area contributed by atoms with Crippen molar-refractivity contribution < 1.29 is 9.53 Å². The molecule has 0 radical (unpaired) electrons. The van der Waals surface area contributed by atoms with E-state index in [9.17, 15) is 4.79 Å². The third-order valence-electron chi connectivity index (χ3n) is 5.17. The number of nitrogens with one attached hydrogen (secondary N) is 1. The SMILES string of the molecule is CCN(CC)C1CCN(C(=NCC(=O)N(C)C)NCC2CCCO2)C1.I. The van der Waals surface area contributed by atoms with Crippen molar-refractivity contribution in [1.29, 1.82) is 0 Å². The first-order chi connectivity index (χ1) is 12.0. The summed E-state index contributed by atoms with van der Waals surface area (Å²) in [6, 6.07) is 0.564. The van der Waals surface area contributed by atoms with Crippen molar-refractivity contribution >= 4 is 35.8 Å². The number of likely N-dealkylation sites (N-methyl/N-ethyl adjacent to an activating group) is 2. The highest BCUT2D eigenvalue weighted by atomic mass is 127. The maximum atomic E-state index is 11.9. The summed E-state index contributed by atoms with van der Waals surface area (Å²) >= 11 is 0. The summed E-state index contributed by atoms with van der Waals surface area (Å²) in [6.45, 7) is 10.3. The van der Waals surface area contributed by atoms with Gasteiger partial charge in [0, 0.05) is 46.4 Å². The Morgan fingerprint density at radius 3 is 2.58 bits per heavy atom. The number of carbonyl (C=O) groups is 1. The highest BCUT2D eigenvalue weighted by Crippen LogP contribution is 2.16. The van der Waals surface area contributed by atoms with Crippen LogP contribution in [0.5, 0.6) is 0 Å². The Morgan fingerprint density at radius 2 is 2.00 bits per heavy atom. The van der Waals surface area contributed by atoms with Crippen molar-refractivity contribution in [3.63, 3.8) is 0 Å². The molecule has 1 N–H and O–H groups in total. The highest BCUT2D eigenvalue weighted by molar-refractivity contribution is 14.0. The largest absolute Gasteiger partial charge is 0.376 e. The van der Waals surface area contributed by atoms with E-state index in [4.69, 9.17) is 4.74 Å². The van der Waals surface area contributed by atoms with Crippen molar-refractivity contribution in [1.82, 2.24) is 20.0 Å². The first-order valence-electron chi connectivity index (χ1n) is 9.64. The molecule has 2 heterocycles. The van der Waals surface area contributed by atoms with Crippen LogP contribution in [-0.4, -0.2) is 98.7 Å². The van der Waals surface area contributed by atoms with Crippen molar-refractivity contribution in [2.45, 2.75) is 45.3 Å². The lowest BCUT2D eigenvalue weighted by Crippen LogP contribution is -2.45. The Balaban J connectivity index is 0.00000338. The summed E-state index contributed by atoms with van der Waals surface area (Å²) in [5.41, 5.74) is 0. The molecule has 2 aliphatic heterocycles. The van der Waals surface area contributed by atoms with Crippen LogP contribution in [-0.2, 0) is 9.53 Å². The van der Waals surface area contributed by atoms with Crippen LogP contribution < -0.4 is 5.32 Å². The maximum absolute atomic E-state index is 11.9. The lowest BCUT2D eigenvalue weighted by atomic mass is 10.2. The molecule has 2 aliphatic rings. The van der Waals surface area contributed by atoms with E-state index in [-0.39, 0.29) is 42.5 Å². The van der Waals surface area contributed by atoms with Gasteiger partial charge in [0.1, 0.15) is 6.54 Å². The average molecular weight is 481 g/mol. The minimum absolute atomic E-state index is 0. The van der Waals surface area contributed by atoms with Crippen LogP contribution in [0.2, 0.25) is 0 Å². The van der Waals surface area contributed by atoms with E-state index in [1.165, 1.54) is 0 Å². The summed E-state index contributed by atoms with van der Waals surface area (Å²) < 4.78 is 5.70. The summed E-state index contributed by atoms with van der Waals surface area (Å²) in [4.78, 5) is 22.9. The maximum Gasteiger partial charge on any atom is 0.243 e. The summed E-state index contributed by atoms with van der Waals surface area (Å²) in [5.74, 6) is 0.872. The number of ether oxygens (including phenoxy) is 1. The molecule has 0 bridgehead atoms. The number of nitrogens with zero attached hydrogens (tertiary/aromatic N) is 4. The number of aliphatic imine (C=N–C) groups is 1. The molecule has 2 atom stereocenters. The van der Waals surface area contributed by atoms with Crippen LogP contribution in [0.4, 0.5) is 0 Å². The van der Waals surface area contributed by atoms with Gasteiger partial charge in [0.2, 0.25) is 5.91 Å². The molecular weight excluding hydrogens is 445 g/mol. The number of halogens is 1. The monoisotopic (exact) mass is 481 g/mol. The number of likely N-dealkylation sites (tertiary alicyclic amines) is 1. The van der Waals surface area contributed by atoms with Gasteiger partial charge < -0.3 is 19.9 Å². The van der Waals surface area contributed by atoms with E-state index in [0.717, 1.165) is 64.6 Å². The third-order valence-corrected chi connectivity index (χ3v) is 5.17. The molecule has 8 heteroatoms. The average Bonchev–Trinajstić information content (AvgIpc) is 3.28. The molecule has 26 heavy (non-hydrogen) atoms. The van der Waals surface area contributed by atoms with Gasteiger partial charge in [-0.15, -0.1) is 24.0 Å². The van der Waals surface area contributed by atoms with Gasteiger partial charge in [0.25, 0.3) is 0 Å². The highest BCUT2D eigenvalue weighted by Gasteiger charge is 2.28. The Morgan fingerprint density at radius 1 is 1.27 bits per heavy atom. The van der Waals surface area contributed by atoms with Crippen LogP contribution in [0, 0.1) is 0 Å². The van der Waals surface area contributed by atoms with E-state index in [0.29, 0.717) is 6.04 Å². The molecule has 7 nitrogen and oxygen atoms in total. The molecule has 0 aromatic rings. The first-order valence-corrected chi connectivity index (χ1v) is 9.64. The molecular formula is C18H36IN5O2. The smallest absolute Gasteiger partial charge is 0.243 e. The van der Waals surface area contributed by atoms with E-state index in [2.05, 4.69) is 34.0 Å². The molecule has 0 saturated carbocycles. The van der Waals surface area contributed by atoms with E-state index < -0.39 is 0 Å². The zero-order chi connectivity index (χ0) is 18.2. The Bertz CT molecular complexity index is 451. The topological polar surface area (TPSA) is 60.4 Å². The van der Waals surface area contributed by atoms with E-state index >= 15 is 0 Å². The summed E-state index contributed by atoms with van der Waals surface area (Å²) in [5, 5.41) is 3.46. The Kier molecular flexibility index (Phi) is 10.8. The van der Waals surface area contributed by atoms with Gasteiger partial charge in [0.15, 0.2) is 5.96 Å². The lowest BCUT2D eigenvalue weighted by molar-refractivity contribution is -0.127. The number of amides is 1. The molecule has 0 aromatic heterocycles. The van der Waals surface area contributed by atoms with E-state index in [1.54, 1.807) is 19.0 Å². The van der Waals surface area contributed by atoms with Crippen molar-refractivity contribution in [2.75, 3.05) is 60.0 Å². The van der Waals surface area contributed by atoms with Crippen LogP contribution in [0.1, 0.15) is 33.1 Å². The van der Waals surface area contributed by atoms with Gasteiger partial charge >= 0.3 is 0 Å². The zero-order valence-electron chi connectivity index (χ0n) is 16.7. The van der Waals surface area contributed by atoms with Crippen molar-refractivity contribution in [3.05, 3.63) is 0 Å². The number of hydrogen-bond acceptors (Lipinski definition) is 4. The second-order valence-corrected chi connectivity index (χ2v) is 7.05. The quantitative estimate of drug-likeness (QED) is 0.337. The van der Waals surface area contributed by atoms with Gasteiger partial charge in [-0.3, -0.25) is 9.69 Å². The van der Waals surface area contributed by atoms with Gasteiger partial charge in [-0.25, -0.2) is 4.99 Å². The number of carbonyl (C=O) groups excluding carboxylic acids is 1. The standard InChI is InChI=1S/C18H35N5O2.HI/c1-5-22(6-2)15-9-10-23(14-15)18(20-13-17(24)21(3)4)19-12-16-8-7-11-25-16;/h15-16H,5-14H2,1-4H3,(H,19,20);1H. The number of hydrogen-bond donors (Lipinski definition) is 1. The van der Waals surface area contributed by atoms with Gasteiger partial charge in [0.05, 0.1) is 6.10 Å². The molecule has 2 unspecified atom stereocenters. The first kappa shape index (κ1) is 23.4. The zero-order valence-corrected chi connectivity index (χ0v) is 19.1. The fourth-order valence-corrected chi connectivity index (χ4v) is 3.53. The molecule has 0 aliphatic carbocycles. The number of guanidine groups is 1. The summed E-state index contributed by atoms with van der Waals surface area (Å²) in [6.07, 6.45) is 3.63. The minimum atomic E-state index is 0. The van der Waals surface area contributed by atoms with E-state index in [1.807, 2.05) is 0 Å². The van der Waals surface area contributed by atoms with Crippen molar-refractivity contribution in [2.24, 2.45) is 4.99 Å². The second kappa shape index (κ2) is 12.0. The van der Waals surface area contributed by atoms with Crippen LogP contribution in [0.25, 0.3) is 0 Å². The Labute approximate surface area is 175 Å². The van der Waals surface area contributed by atoms with Crippen molar-refractivity contribution in [3.8, 4) is 0 Å².